The summed E-state index contributed by atoms with van der Waals surface area (Å²) in [5, 5.41) is 2.94. The van der Waals surface area contributed by atoms with Crippen LogP contribution in [0.1, 0.15) is 16.8 Å². The number of amides is 1. The molecule has 21 heavy (non-hydrogen) atoms. The second kappa shape index (κ2) is 9.60. The molecular formula is C15H23ClN2O3. The van der Waals surface area contributed by atoms with Crippen molar-refractivity contribution in [2.75, 3.05) is 46.5 Å². The van der Waals surface area contributed by atoms with Gasteiger partial charge in [0.1, 0.15) is 5.75 Å². The van der Waals surface area contributed by atoms with Gasteiger partial charge in [-0.25, -0.2) is 0 Å². The summed E-state index contributed by atoms with van der Waals surface area (Å²) in [6, 6.07) is 7.14. The summed E-state index contributed by atoms with van der Waals surface area (Å²) in [7, 11) is 1.61. The SMILES string of the molecule is COc1ccc(C(=O)NCCCN2CCOCC2)cc1.Cl. The second-order valence-corrected chi connectivity index (χ2v) is 4.79. The molecule has 0 radical (unpaired) electrons. The number of hydrogen-bond acceptors (Lipinski definition) is 4. The first-order valence-electron chi connectivity index (χ1n) is 7.02. The average molecular weight is 315 g/mol. The number of halogens is 1. The van der Waals surface area contributed by atoms with Crippen molar-refractivity contribution in [1.29, 1.82) is 0 Å². The molecule has 0 aliphatic carbocycles. The topological polar surface area (TPSA) is 50.8 Å². The predicted molar refractivity (Wildman–Crippen MR) is 84.5 cm³/mol. The van der Waals surface area contributed by atoms with E-state index in [0.29, 0.717) is 12.1 Å². The number of morpholine rings is 1. The Bertz CT molecular complexity index is 419. The maximum atomic E-state index is 11.9. The van der Waals surface area contributed by atoms with Crippen molar-refractivity contribution < 1.29 is 14.3 Å². The lowest BCUT2D eigenvalue weighted by Gasteiger charge is -2.26. The van der Waals surface area contributed by atoms with Crippen LogP contribution in [0, 0.1) is 0 Å². The van der Waals surface area contributed by atoms with Crippen LogP contribution in [0.25, 0.3) is 0 Å². The van der Waals surface area contributed by atoms with Gasteiger partial charge in [0, 0.05) is 25.2 Å². The lowest BCUT2D eigenvalue weighted by atomic mass is 10.2. The van der Waals surface area contributed by atoms with Crippen LogP contribution >= 0.6 is 12.4 Å². The van der Waals surface area contributed by atoms with E-state index < -0.39 is 0 Å². The molecule has 1 fully saturated rings. The Hall–Kier alpha value is -1.30. The summed E-state index contributed by atoms with van der Waals surface area (Å²) in [6.45, 7) is 5.32. The van der Waals surface area contributed by atoms with Crippen molar-refractivity contribution in [3.05, 3.63) is 29.8 Å². The van der Waals surface area contributed by atoms with E-state index in [9.17, 15) is 4.79 Å². The number of nitrogens with one attached hydrogen (secondary N) is 1. The van der Waals surface area contributed by atoms with Crippen molar-refractivity contribution >= 4 is 18.3 Å². The molecule has 1 aliphatic rings. The Labute approximate surface area is 132 Å². The monoisotopic (exact) mass is 314 g/mol. The van der Waals surface area contributed by atoms with Gasteiger partial charge in [-0.1, -0.05) is 0 Å². The van der Waals surface area contributed by atoms with Gasteiger partial charge in [0.2, 0.25) is 0 Å². The highest BCUT2D eigenvalue weighted by Gasteiger charge is 2.10. The fourth-order valence-electron chi connectivity index (χ4n) is 2.17. The molecule has 1 aromatic rings. The van der Waals surface area contributed by atoms with Crippen LogP contribution in [0.4, 0.5) is 0 Å². The molecule has 2 rings (SSSR count). The lowest BCUT2D eigenvalue weighted by molar-refractivity contribution is 0.0374. The van der Waals surface area contributed by atoms with E-state index in [4.69, 9.17) is 9.47 Å². The van der Waals surface area contributed by atoms with E-state index in [1.54, 1.807) is 31.4 Å². The van der Waals surface area contributed by atoms with Gasteiger partial charge in [-0.2, -0.15) is 0 Å². The normalized spacial score (nSPS) is 15.1. The van der Waals surface area contributed by atoms with E-state index in [1.165, 1.54) is 0 Å². The third-order valence-corrected chi connectivity index (χ3v) is 3.39. The van der Waals surface area contributed by atoms with Crippen LogP contribution in [-0.2, 0) is 4.74 Å². The quantitative estimate of drug-likeness (QED) is 0.810. The fourth-order valence-corrected chi connectivity index (χ4v) is 2.17. The minimum Gasteiger partial charge on any atom is -0.497 e. The first-order chi connectivity index (χ1) is 9.79. The van der Waals surface area contributed by atoms with E-state index in [1.807, 2.05) is 0 Å². The van der Waals surface area contributed by atoms with E-state index >= 15 is 0 Å². The summed E-state index contributed by atoms with van der Waals surface area (Å²) < 4.78 is 10.4. The first kappa shape index (κ1) is 17.8. The zero-order valence-electron chi connectivity index (χ0n) is 12.3. The van der Waals surface area contributed by atoms with Crippen LogP contribution in [0.5, 0.6) is 5.75 Å². The molecule has 5 nitrogen and oxygen atoms in total. The molecule has 0 aromatic heterocycles. The molecule has 1 aromatic carbocycles. The molecule has 0 spiro atoms. The summed E-state index contributed by atoms with van der Waals surface area (Å²) in [5.74, 6) is 0.725. The summed E-state index contributed by atoms with van der Waals surface area (Å²) in [5.41, 5.74) is 0.664. The second-order valence-electron chi connectivity index (χ2n) is 4.79. The number of methoxy groups -OCH3 is 1. The fraction of sp³-hybridized carbons (Fsp3) is 0.533. The van der Waals surface area contributed by atoms with E-state index in [2.05, 4.69) is 10.2 Å². The van der Waals surface area contributed by atoms with Gasteiger partial charge < -0.3 is 14.8 Å². The highest BCUT2D eigenvalue weighted by molar-refractivity contribution is 5.94. The third-order valence-electron chi connectivity index (χ3n) is 3.39. The van der Waals surface area contributed by atoms with Crippen molar-refractivity contribution in [1.82, 2.24) is 10.2 Å². The largest absolute Gasteiger partial charge is 0.497 e. The Kier molecular flexibility index (Phi) is 8.12. The molecule has 6 heteroatoms. The number of hydrogen-bond donors (Lipinski definition) is 1. The summed E-state index contributed by atoms with van der Waals surface area (Å²) >= 11 is 0. The predicted octanol–water partition coefficient (Wildman–Crippen LogP) is 1.57. The number of benzene rings is 1. The Balaban J connectivity index is 0.00000220. The molecule has 0 bridgehead atoms. The number of nitrogens with zero attached hydrogens (tertiary/aromatic N) is 1. The van der Waals surface area contributed by atoms with Crippen molar-refractivity contribution in [3.8, 4) is 5.75 Å². The van der Waals surface area contributed by atoms with E-state index in [-0.39, 0.29) is 18.3 Å². The number of carbonyl (C=O) groups excluding carboxylic acids is 1. The molecule has 1 saturated heterocycles. The lowest BCUT2D eigenvalue weighted by Crippen LogP contribution is -2.38. The molecule has 0 saturated carbocycles. The third kappa shape index (κ3) is 5.91. The van der Waals surface area contributed by atoms with Crippen LogP contribution < -0.4 is 10.1 Å². The average Bonchev–Trinajstić information content (AvgIpc) is 2.52. The van der Waals surface area contributed by atoms with Crippen molar-refractivity contribution in [3.63, 3.8) is 0 Å². The number of carbonyl (C=O) groups is 1. The highest BCUT2D eigenvalue weighted by Crippen LogP contribution is 2.11. The Morgan fingerprint density at radius 2 is 1.95 bits per heavy atom. The number of ether oxygens (including phenoxy) is 2. The Morgan fingerprint density at radius 1 is 1.29 bits per heavy atom. The minimum atomic E-state index is -0.0327. The summed E-state index contributed by atoms with van der Waals surface area (Å²) in [4.78, 5) is 14.3. The van der Waals surface area contributed by atoms with Crippen molar-refractivity contribution in [2.24, 2.45) is 0 Å². The highest BCUT2D eigenvalue weighted by atomic mass is 35.5. The molecule has 118 valence electrons. The van der Waals surface area contributed by atoms with Crippen molar-refractivity contribution in [2.45, 2.75) is 6.42 Å². The van der Waals surface area contributed by atoms with Gasteiger partial charge in [0.15, 0.2) is 0 Å². The van der Waals surface area contributed by atoms with Gasteiger partial charge in [-0.05, 0) is 37.2 Å². The smallest absolute Gasteiger partial charge is 0.251 e. The van der Waals surface area contributed by atoms with Crippen LogP contribution in [-0.4, -0.2) is 57.3 Å². The summed E-state index contributed by atoms with van der Waals surface area (Å²) in [6.07, 6.45) is 0.960. The molecule has 1 heterocycles. The van der Waals surface area contributed by atoms with Crippen LogP contribution in [0.3, 0.4) is 0 Å². The van der Waals surface area contributed by atoms with Gasteiger partial charge in [-0.15, -0.1) is 12.4 Å². The molecule has 0 atom stereocenters. The molecule has 1 amide bonds. The number of rotatable bonds is 6. The van der Waals surface area contributed by atoms with Gasteiger partial charge in [0.05, 0.1) is 20.3 Å². The standard InChI is InChI=1S/C15H22N2O3.ClH/c1-19-14-5-3-13(4-6-14)15(18)16-7-2-8-17-9-11-20-12-10-17;/h3-6H,2,7-12H2,1H3,(H,16,18);1H. The molecular weight excluding hydrogens is 292 g/mol. The first-order valence-corrected chi connectivity index (χ1v) is 7.02. The van der Waals surface area contributed by atoms with E-state index in [0.717, 1.165) is 45.0 Å². The maximum Gasteiger partial charge on any atom is 0.251 e. The van der Waals surface area contributed by atoms with Gasteiger partial charge in [0.25, 0.3) is 5.91 Å². The molecule has 0 unspecified atom stereocenters. The molecule has 1 N–H and O–H groups in total. The van der Waals surface area contributed by atoms with Gasteiger partial charge >= 0.3 is 0 Å². The zero-order chi connectivity index (χ0) is 14.2. The van der Waals surface area contributed by atoms with Crippen LogP contribution in [0.2, 0.25) is 0 Å². The van der Waals surface area contributed by atoms with Gasteiger partial charge in [-0.3, -0.25) is 9.69 Å². The Morgan fingerprint density at radius 3 is 2.57 bits per heavy atom. The molecule has 1 aliphatic heterocycles. The van der Waals surface area contributed by atoms with Crippen LogP contribution in [0.15, 0.2) is 24.3 Å². The maximum absolute atomic E-state index is 11.9. The zero-order valence-corrected chi connectivity index (χ0v) is 13.2. The minimum absolute atomic E-state index is 0.